The molecule has 11 nitrogen and oxygen atoms in total. The zero-order valence-electron chi connectivity index (χ0n) is 22.9. The fourth-order valence-corrected chi connectivity index (χ4v) is 4.79. The molecule has 0 aromatic carbocycles. The number of aryl methyl sites for hydroxylation is 1. The van der Waals surface area contributed by atoms with Crippen molar-refractivity contribution in [2.45, 2.75) is 58.7 Å². The third kappa shape index (κ3) is 6.34. The molecule has 1 fully saturated rings. The molecule has 1 atom stereocenters. The Hall–Kier alpha value is -4.01. The van der Waals surface area contributed by atoms with Gasteiger partial charge in [-0.2, -0.15) is 13.2 Å². The van der Waals surface area contributed by atoms with Crippen LogP contribution in [0.4, 0.5) is 19.0 Å². The highest BCUT2D eigenvalue weighted by molar-refractivity contribution is 7.95. The molecule has 3 aromatic rings. The predicted molar refractivity (Wildman–Crippen MR) is 149 cm³/mol. The second kappa shape index (κ2) is 11.5. The molecule has 4 rings (SSSR count). The van der Waals surface area contributed by atoms with E-state index in [-0.39, 0.29) is 51.6 Å². The zero-order valence-corrected chi connectivity index (χ0v) is 23.7. The number of fused-ring (bicyclic) bond motifs is 1. The molecule has 0 amide bonds. The summed E-state index contributed by atoms with van der Waals surface area (Å²) in [6.07, 6.45) is 2.48. The van der Waals surface area contributed by atoms with E-state index in [1.807, 2.05) is 0 Å². The monoisotopic (exact) mass is 590 g/mol. The molecular weight excluding hydrogens is 561 g/mol. The predicted octanol–water partition coefficient (Wildman–Crippen LogP) is 4.29. The number of nitrogens with zero attached hydrogens (tertiary/aromatic N) is 7. The van der Waals surface area contributed by atoms with Gasteiger partial charge in [0.2, 0.25) is 0 Å². The number of rotatable bonds is 10. The summed E-state index contributed by atoms with van der Waals surface area (Å²) in [5, 5.41) is 2.70. The summed E-state index contributed by atoms with van der Waals surface area (Å²) in [6.45, 7) is 8.80. The van der Waals surface area contributed by atoms with E-state index in [1.54, 1.807) is 6.92 Å². The molecule has 15 heteroatoms. The molecular formula is C26H29F3N8O3S. The Morgan fingerprint density at radius 1 is 1.24 bits per heavy atom. The van der Waals surface area contributed by atoms with Crippen molar-refractivity contribution in [1.29, 1.82) is 0 Å². The van der Waals surface area contributed by atoms with Gasteiger partial charge in [0.05, 0.1) is 41.1 Å². The lowest BCUT2D eigenvalue weighted by Gasteiger charge is -2.21. The van der Waals surface area contributed by atoms with Gasteiger partial charge in [-0.1, -0.05) is 6.92 Å². The Balaban J connectivity index is 1.80. The first kappa shape index (κ1) is 30.0. The van der Waals surface area contributed by atoms with Crippen LogP contribution in [-0.4, -0.2) is 63.1 Å². The summed E-state index contributed by atoms with van der Waals surface area (Å²) in [4.78, 5) is 38.8. The lowest BCUT2D eigenvalue weighted by Crippen LogP contribution is -2.35. The van der Waals surface area contributed by atoms with Crippen LogP contribution in [0, 0.1) is 6.92 Å². The van der Waals surface area contributed by atoms with Crippen molar-refractivity contribution in [2.75, 3.05) is 17.6 Å². The van der Waals surface area contributed by atoms with E-state index in [0.29, 0.717) is 21.5 Å². The van der Waals surface area contributed by atoms with E-state index in [4.69, 9.17) is 0 Å². The average molecular weight is 591 g/mol. The third-order valence-corrected chi connectivity index (χ3v) is 8.65. The Morgan fingerprint density at radius 3 is 2.56 bits per heavy atom. The molecule has 0 radical (unpaired) electrons. The van der Waals surface area contributed by atoms with Gasteiger partial charge in [-0.15, -0.1) is 0 Å². The molecule has 0 unspecified atom stereocenters. The van der Waals surface area contributed by atoms with Crippen molar-refractivity contribution in [3.8, 4) is 11.4 Å². The zero-order chi connectivity index (χ0) is 30.1. The molecule has 218 valence electrons. The third-order valence-electron chi connectivity index (χ3n) is 6.77. The lowest BCUT2D eigenvalue weighted by molar-refractivity contribution is -0.162. The molecule has 1 aliphatic carbocycles. The van der Waals surface area contributed by atoms with E-state index in [1.165, 1.54) is 38.5 Å². The van der Waals surface area contributed by atoms with E-state index in [2.05, 4.69) is 41.9 Å². The summed E-state index contributed by atoms with van der Waals surface area (Å²) in [7, 11) is -3.42. The molecule has 0 saturated heterocycles. The quantitative estimate of drug-likeness (QED) is 0.270. The van der Waals surface area contributed by atoms with Crippen LogP contribution in [-0.2, 0) is 9.84 Å². The highest BCUT2D eigenvalue weighted by Gasteiger charge is 2.40. The van der Waals surface area contributed by atoms with Crippen LogP contribution in [0.25, 0.3) is 22.6 Å². The van der Waals surface area contributed by atoms with Gasteiger partial charge in [-0.05, 0) is 52.5 Å². The second-order valence-corrected chi connectivity index (χ2v) is 12.1. The number of alkyl halides is 3. The maximum absolute atomic E-state index is 14.0. The summed E-state index contributed by atoms with van der Waals surface area (Å²) >= 11 is 0. The number of nitrogens with one attached hydrogen (secondary N) is 1. The number of anilines is 1. The van der Waals surface area contributed by atoms with Crippen LogP contribution < -0.4 is 10.9 Å². The topological polar surface area (TPSA) is 145 Å². The smallest absolute Gasteiger partial charge is 0.360 e. The van der Waals surface area contributed by atoms with E-state index in [9.17, 15) is 26.4 Å². The maximum atomic E-state index is 14.0. The molecule has 1 saturated carbocycles. The highest BCUT2D eigenvalue weighted by atomic mass is 32.2. The fraction of sp³-hybridized carbons (Fsp3) is 0.423. The van der Waals surface area contributed by atoms with Gasteiger partial charge < -0.3 is 5.32 Å². The van der Waals surface area contributed by atoms with E-state index < -0.39 is 27.6 Å². The number of aromatic nitrogens is 6. The van der Waals surface area contributed by atoms with Crippen LogP contribution >= 0.6 is 0 Å². The maximum Gasteiger partial charge on any atom is 0.409 e. The standard InChI is InChI=1S/C26H29F3N8O3S/c1-6-41(39,40)14(2)7-10-18(30-5)11-31-23-25(38)37(16(4)26(27,28)29)24-19(35-23)12-32-22(36-24)20-15(3)33-13-34-21(20)17-8-9-17/h7,10,12-13,16-17H,5-6,8-9,11H2,1-4H3,(H,31,35)/b14-7+,18-10-/t16-/m1/s1. The summed E-state index contributed by atoms with van der Waals surface area (Å²) < 4.78 is 66.4. The number of aliphatic imine (C=N–C) groups is 1. The van der Waals surface area contributed by atoms with Crippen LogP contribution in [0.2, 0.25) is 0 Å². The number of allylic oxidation sites excluding steroid dienone is 3. The summed E-state index contributed by atoms with van der Waals surface area (Å²) in [6, 6.07) is -2.24. The summed E-state index contributed by atoms with van der Waals surface area (Å²) in [5.74, 6) is -0.181. The molecule has 3 heterocycles. The van der Waals surface area contributed by atoms with E-state index in [0.717, 1.165) is 19.8 Å². The van der Waals surface area contributed by atoms with Gasteiger partial charge in [-0.25, -0.2) is 33.3 Å². The van der Waals surface area contributed by atoms with Crippen molar-refractivity contribution >= 4 is 33.5 Å². The molecule has 1 aliphatic rings. The van der Waals surface area contributed by atoms with Gasteiger partial charge >= 0.3 is 6.18 Å². The number of hydrogen-bond acceptors (Lipinski definition) is 10. The van der Waals surface area contributed by atoms with Crippen molar-refractivity contribution in [3.05, 3.63) is 57.0 Å². The molecule has 1 N–H and O–H groups in total. The molecule has 0 aliphatic heterocycles. The lowest BCUT2D eigenvalue weighted by atomic mass is 10.1. The number of hydrogen-bond donors (Lipinski definition) is 1. The van der Waals surface area contributed by atoms with Crippen molar-refractivity contribution in [3.63, 3.8) is 0 Å². The Kier molecular flexibility index (Phi) is 8.38. The van der Waals surface area contributed by atoms with Gasteiger partial charge in [-0.3, -0.25) is 14.4 Å². The second-order valence-electron chi connectivity index (χ2n) is 9.60. The van der Waals surface area contributed by atoms with Gasteiger partial charge in [0.15, 0.2) is 27.1 Å². The van der Waals surface area contributed by atoms with Gasteiger partial charge in [0, 0.05) is 10.8 Å². The Labute approximate surface area is 234 Å². The molecule has 0 bridgehead atoms. The van der Waals surface area contributed by atoms with Crippen LogP contribution in [0.3, 0.4) is 0 Å². The van der Waals surface area contributed by atoms with Crippen LogP contribution in [0.15, 0.2) is 45.1 Å². The van der Waals surface area contributed by atoms with Crippen molar-refractivity contribution < 1.29 is 21.6 Å². The molecule has 41 heavy (non-hydrogen) atoms. The summed E-state index contributed by atoms with van der Waals surface area (Å²) in [5.41, 5.74) is 0.645. The first-order valence-electron chi connectivity index (χ1n) is 12.8. The molecule has 0 spiro atoms. The van der Waals surface area contributed by atoms with Gasteiger partial charge in [0.25, 0.3) is 5.56 Å². The average Bonchev–Trinajstić information content (AvgIpc) is 3.77. The minimum Gasteiger partial charge on any atom is -0.360 e. The molecule has 3 aromatic heterocycles. The normalized spacial score (nSPS) is 15.7. The largest absolute Gasteiger partial charge is 0.409 e. The SMILES string of the molecule is C=N/C(=C\C=C(/C)S(=O)(=O)CC)CNc1nc2cnc(-c3c(C)ncnc3C3CC3)nc2n([C@H](C)C(F)(F)F)c1=O. The minimum absolute atomic E-state index is 0.0451. The van der Waals surface area contributed by atoms with Crippen LogP contribution in [0.5, 0.6) is 0 Å². The number of sulfone groups is 1. The van der Waals surface area contributed by atoms with Crippen LogP contribution in [0.1, 0.15) is 57.0 Å². The highest BCUT2D eigenvalue weighted by Crippen LogP contribution is 2.43. The Morgan fingerprint density at radius 2 is 1.95 bits per heavy atom. The van der Waals surface area contributed by atoms with E-state index >= 15 is 0 Å². The fourth-order valence-electron chi connectivity index (χ4n) is 4.06. The first-order chi connectivity index (χ1) is 19.3. The first-order valence-corrected chi connectivity index (χ1v) is 14.4. The Bertz CT molecular complexity index is 1730. The minimum atomic E-state index is -4.77. The number of halogens is 3. The van der Waals surface area contributed by atoms with Crippen molar-refractivity contribution in [1.82, 2.24) is 29.5 Å². The van der Waals surface area contributed by atoms with Crippen molar-refractivity contribution in [2.24, 2.45) is 4.99 Å². The van der Waals surface area contributed by atoms with Gasteiger partial charge in [0.1, 0.15) is 17.9 Å².